The van der Waals surface area contributed by atoms with Crippen molar-refractivity contribution in [3.63, 3.8) is 0 Å². The third-order valence-corrected chi connectivity index (χ3v) is 8.29. The second-order valence-corrected chi connectivity index (χ2v) is 11.8. The van der Waals surface area contributed by atoms with Crippen LogP contribution in [0, 0.1) is 5.82 Å². The molecule has 14 heteroatoms. The molecule has 41 heavy (non-hydrogen) atoms. The van der Waals surface area contributed by atoms with E-state index in [0.29, 0.717) is 11.6 Å². The number of ether oxygens (including phenoxy) is 2. The molecule has 218 valence electrons. The van der Waals surface area contributed by atoms with Crippen molar-refractivity contribution in [1.82, 2.24) is 14.6 Å². The molecule has 5 rings (SSSR count). The van der Waals surface area contributed by atoms with Gasteiger partial charge in [0.1, 0.15) is 23.2 Å². The van der Waals surface area contributed by atoms with E-state index in [2.05, 4.69) is 5.09 Å². The Morgan fingerprint density at radius 2 is 1.90 bits per heavy atom. The molecule has 0 amide bonds. The summed E-state index contributed by atoms with van der Waals surface area (Å²) < 4.78 is 52.2. The van der Waals surface area contributed by atoms with Gasteiger partial charge in [0.25, 0.3) is 5.56 Å². The van der Waals surface area contributed by atoms with E-state index in [0.717, 1.165) is 9.95 Å². The Hall–Kier alpha value is -3.93. The smallest absolute Gasteiger partial charge is 0.460 e. The van der Waals surface area contributed by atoms with E-state index >= 15 is 0 Å². The summed E-state index contributed by atoms with van der Waals surface area (Å²) in [5.74, 6) is -2.10. The minimum Gasteiger partial charge on any atom is -0.508 e. The van der Waals surface area contributed by atoms with Crippen molar-refractivity contribution < 1.29 is 37.4 Å². The van der Waals surface area contributed by atoms with Gasteiger partial charge in [-0.05, 0) is 45.1 Å². The zero-order valence-corrected chi connectivity index (χ0v) is 23.4. The highest BCUT2D eigenvalue weighted by Gasteiger charge is 2.58. The predicted molar refractivity (Wildman–Crippen MR) is 145 cm³/mol. The molecule has 2 aliphatic rings. The van der Waals surface area contributed by atoms with Crippen LogP contribution in [0.15, 0.2) is 69.8 Å². The third-order valence-electron chi connectivity index (χ3n) is 6.56. The summed E-state index contributed by atoms with van der Waals surface area (Å²) >= 11 is 0. The van der Waals surface area contributed by atoms with Gasteiger partial charge in [-0.3, -0.25) is 23.7 Å². The number of fused-ring (bicyclic) bond motifs is 1. The molecule has 0 saturated heterocycles. The van der Waals surface area contributed by atoms with Crippen LogP contribution in [0.4, 0.5) is 4.39 Å². The van der Waals surface area contributed by atoms with Crippen LogP contribution in [0.3, 0.4) is 0 Å². The molecule has 0 unspecified atom stereocenters. The number of hydrogen-bond donors (Lipinski definition) is 3. The maximum absolute atomic E-state index is 14.4. The zero-order chi connectivity index (χ0) is 29.5. The fourth-order valence-electron chi connectivity index (χ4n) is 4.51. The maximum atomic E-state index is 14.4. The summed E-state index contributed by atoms with van der Waals surface area (Å²) in [4.78, 5) is 38.1. The number of nitrogens with zero attached hydrogens (tertiary/aromatic N) is 1. The molecule has 1 aliphatic heterocycles. The van der Waals surface area contributed by atoms with E-state index in [1.807, 2.05) is 23.2 Å². The van der Waals surface area contributed by atoms with Crippen molar-refractivity contribution in [1.29, 1.82) is 0 Å². The Balaban J connectivity index is 1.45. The van der Waals surface area contributed by atoms with Gasteiger partial charge in [0, 0.05) is 5.39 Å². The van der Waals surface area contributed by atoms with Crippen molar-refractivity contribution in [2.75, 3.05) is 0 Å². The molecule has 1 aromatic heterocycles. The number of esters is 1. The van der Waals surface area contributed by atoms with Crippen LogP contribution in [0.25, 0.3) is 10.8 Å². The van der Waals surface area contributed by atoms with Crippen LogP contribution < -0.4 is 20.9 Å². The first-order valence-corrected chi connectivity index (χ1v) is 14.5. The number of aromatic nitrogens is 2. The largest absolute Gasteiger partial charge is 0.508 e. The number of carbonyl (C=O) groups excluding carboxylic acids is 1. The molecular formula is C27H29FN3O9P. The van der Waals surface area contributed by atoms with Gasteiger partial charge in [-0.25, -0.2) is 9.36 Å². The van der Waals surface area contributed by atoms with Gasteiger partial charge in [-0.1, -0.05) is 36.4 Å². The second-order valence-electron chi connectivity index (χ2n) is 10.2. The first-order chi connectivity index (χ1) is 19.4. The van der Waals surface area contributed by atoms with Crippen molar-refractivity contribution in [3.8, 4) is 5.75 Å². The number of halogens is 1. The normalized spacial score (nSPS) is 20.0. The number of hydrogen-bond acceptors (Lipinski definition) is 9. The van der Waals surface area contributed by atoms with E-state index in [1.54, 1.807) is 38.1 Å². The summed E-state index contributed by atoms with van der Waals surface area (Å²) in [7, 11) is -4.40. The van der Waals surface area contributed by atoms with Crippen molar-refractivity contribution >= 4 is 24.5 Å². The molecular weight excluding hydrogens is 560 g/mol. The van der Waals surface area contributed by atoms with Crippen molar-refractivity contribution in [2.45, 2.75) is 64.0 Å². The molecule has 1 fully saturated rings. The SMILES string of the molecule is CC(C)OC(=O)[C@H](C)N[P@@](=O)(Oc1cccc2ccccc12)OC1(C2=C(O)C[C@H](n3cc(F)c(=O)[nH]c3=O)O2)CC1. The Labute approximate surface area is 233 Å². The number of nitrogens with one attached hydrogen (secondary N) is 2. The van der Waals surface area contributed by atoms with Gasteiger partial charge in [0.05, 0.1) is 18.7 Å². The molecule has 0 spiro atoms. The number of aliphatic hydroxyl groups excluding tert-OH is 1. The average Bonchev–Trinajstić information content (AvgIpc) is 3.56. The number of aromatic amines is 1. The topological polar surface area (TPSA) is 158 Å². The standard InChI is InChI=1S/C27H29FN3O9P/c1-15(2)37-25(34)16(3)30-41(36,39-21-10-6-8-17-7-4-5-9-18(17)21)40-27(11-12-27)23-20(32)13-22(38-23)31-14-19(28)24(33)29-26(31)35/h4-10,14-16,22,32H,11-13H2,1-3H3,(H,30,36)(H,29,33,35)/t16-,22+,41+/m0/s1. The van der Waals surface area contributed by atoms with Gasteiger partial charge in [0.15, 0.2) is 12.0 Å². The molecule has 3 aromatic rings. The van der Waals surface area contributed by atoms with Gasteiger partial charge in [-0.2, -0.15) is 9.48 Å². The molecule has 1 aliphatic carbocycles. The highest BCUT2D eigenvalue weighted by atomic mass is 31.2. The monoisotopic (exact) mass is 589 g/mol. The van der Waals surface area contributed by atoms with Gasteiger partial charge < -0.3 is 19.1 Å². The summed E-state index contributed by atoms with van der Waals surface area (Å²) in [5.41, 5.74) is -3.56. The number of H-pyrrole nitrogens is 1. The molecule has 1 saturated carbocycles. The van der Waals surface area contributed by atoms with E-state index in [1.165, 1.54) is 6.92 Å². The van der Waals surface area contributed by atoms with Gasteiger partial charge >= 0.3 is 19.4 Å². The lowest BCUT2D eigenvalue weighted by atomic mass is 10.1. The van der Waals surface area contributed by atoms with Gasteiger partial charge in [0.2, 0.25) is 5.82 Å². The number of benzene rings is 2. The lowest BCUT2D eigenvalue weighted by Crippen LogP contribution is -2.37. The first kappa shape index (κ1) is 28.6. The minimum atomic E-state index is -4.40. The Kier molecular flexibility index (Phi) is 7.54. The second kappa shape index (κ2) is 10.8. The van der Waals surface area contributed by atoms with Crippen molar-refractivity contribution in [3.05, 3.63) is 86.8 Å². The van der Waals surface area contributed by atoms with E-state index in [4.69, 9.17) is 18.5 Å². The van der Waals surface area contributed by atoms with Crippen LogP contribution in [0.5, 0.6) is 5.75 Å². The number of rotatable bonds is 10. The molecule has 12 nitrogen and oxygen atoms in total. The molecule has 0 radical (unpaired) electrons. The van der Waals surface area contributed by atoms with Crippen LogP contribution in [-0.4, -0.2) is 38.4 Å². The molecule has 0 bridgehead atoms. The summed E-state index contributed by atoms with van der Waals surface area (Å²) in [5, 5.41) is 14.9. The lowest BCUT2D eigenvalue weighted by Gasteiger charge is -2.28. The maximum Gasteiger partial charge on any atom is 0.460 e. The van der Waals surface area contributed by atoms with Crippen LogP contribution in [-0.2, 0) is 23.4 Å². The fraction of sp³-hybridized carbons (Fsp3) is 0.370. The molecule has 2 heterocycles. The average molecular weight is 590 g/mol. The Morgan fingerprint density at radius 3 is 2.61 bits per heavy atom. The van der Waals surface area contributed by atoms with Crippen LogP contribution in [0.1, 0.15) is 46.3 Å². The molecule has 3 N–H and O–H groups in total. The summed E-state index contributed by atoms with van der Waals surface area (Å²) in [6.07, 6.45) is -0.679. The zero-order valence-electron chi connectivity index (χ0n) is 22.5. The summed E-state index contributed by atoms with van der Waals surface area (Å²) in [6.45, 7) is 4.80. The van der Waals surface area contributed by atoms with Gasteiger partial charge in [-0.15, -0.1) is 0 Å². The number of aliphatic hydroxyl groups is 1. The molecule has 3 atom stereocenters. The van der Waals surface area contributed by atoms with E-state index < -0.39 is 54.8 Å². The first-order valence-electron chi connectivity index (χ1n) is 13.0. The highest BCUT2D eigenvalue weighted by molar-refractivity contribution is 7.52. The van der Waals surface area contributed by atoms with Crippen LogP contribution >= 0.6 is 7.75 Å². The summed E-state index contributed by atoms with van der Waals surface area (Å²) in [6, 6.07) is 11.3. The van der Waals surface area contributed by atoms with Crippen LogP contribution in [0.2, 0.25) is 0 Å². The fourth-order valence-corrected chi connectivity index (χ4v) is 6.37. The third kappa shape index (κ3) is 5.92. The Morgan fingerprint density at radius 1 is 1.20 bits per heavy atom. The minimum absolute atomic E-state index is 0.109. The molecule has 2 aromatic carbocycles. The highest BCUT2D eigenvalue weighted by Crippen LogP contribution is 2.61. The predicted octanol–water partition coefficient (Wildman–Crippen LogP) is 4.18. The number of carbonyl (C=O) groups is 1. The Bertz CT molecular complexity index is 1690. The lowest BCUT2D eigenvalue weighted by molar-refractivity contribution is -0.149. The van der Waals surface area contributed by atoms with E-state index in [-0.39, 0.29) is 36.5 Å². The quantitative estimate of drug-likeness (QED) is 0.231. The van der Waals surface area contributed by atoms with Crippen molar-refractivity contribution in [2.24, 2.45) is 0 Å². The van der Waals surface area contributed by atoms with E-state index in [9.17, 15) is 28.4 Å².